The summed E-state index contributed by atoms with van der Waals surface area (Å²) in [4.78, 5) is 28.4. The van der Waals surface area contributed by atoms with E-state index in [2.05, 4.69) is 0 Å². The normalized spacial score (nSPS) is 21.9. The third kappa shape index (κ3) is 3.15. The van der Waals surface area contributed by atoms with Crippen LogP contribution in [0, 0.1) is 0 Å². The first-order valence-corrected chi connectivity index (χ1v) is 6.40. The van der Waals surface area contributed by atoms with Gasteiger partial charge in [-0.05, 0) is 25.7 Å². The maximum atomic E-state index is 13.8. The van der Waals surface area contributed by atoms with Crippen LogP contribution in [0.4, 0.5) is 4.39 Å². The molecule has 0 atom stereocenters. The van der Waals surface area contributed by atoms with Crippen molar-refractivity contribution in [2.75, 3.05) is 6.16 Å². The lowest BCUT2D eigenvalue weighted by atomic mass is 9.84. The van der Waals surface area contributed by atoms with E-state index in [9.17, 15) is 13.8 Å². The van der Waals surface area contributed by atoms with Crippen LogP contribution < -0.4 is 0 Å². The Balaban J connectivity index is 2.62. The maximum absolute atomic E-state index is 13.8. The van der Waals surface area contributed by atoms with Crippen molar-refractivity contribution in [3.05, 3.63) is 0 Å². The standard InChI is InChI=1S/C8H14FO4P/c9-8(4-2-1-3-5-8)7(10)6-14(11,12)13/h1-6H2,(H2,11,12,13). The van der Waals surface area contributed by atoms with Crippen molar-refractivity contribution < 1.29 is 23.5 Å². The van der Waals surface area contributed by atoms with Gasteiger partial charge in [0.15, 0.2) is 11.5 Å². The first-order chi connectivity index (χ1) is 6.33. The lowest BCUT2D eigenvalue weighted by molar-refractivity contribution is -0.130. The largest absolute Gasteiger partial charge is 0.333 e. The molecule has 0 bridgehead atoms. The summed E-state index contributed by atoms with van der Waals surface area (Å²) in [7, 11) is -4.42. The molecule has 0 aromatic heterocycles. The quantitative estimate of drug-likeness (QED) is 0.710. The van der Waals surface area contributed by atoms with E-state index in [1.54, 1.807) is 0 Å². The molecule has 14 heavy (non-hydrogen) atoms. The van der Waals surface area contributed by atoms with Gasteiger partial charge in [0.25, 0.3) is 0 Å². The monoisotopic (exact) mass is 224 g/mol. The molecule has 4 nitrogen and oxygen atoms in total. The van der Waals surface area contributed by atoms with Crippen LogP contribution in [-0.2, 0) is 9.36 Å². The van der Waals surface area contributed by atoms with Crippen LogP contribution in [0.1, 0.15) is 32.1 Å². The predicted molar refractivity (Wildman–Crippen MR) is 48.8 cm³/mol. The zero-order valence-electron chi connectivity index (χ0n) is 7.78. The van der Waals surface area contributed by atoms with Gasteiger partial charge in [0.2, 0.25) is 0 Å². The van der Waals surface area contributed by atoms with Crippen molar-refractivity contribution in [2.45, 2.75) is 37.8 Å². The van der Waals surface area contributed by atoms with Gasteiger partial charge in [-0.2, -0.15) is 0 Å². The molecule has 1 fully saturated rings. The molecule has 0 aromatic carbocycles. The summed E-state index contributed by atoms with van der Waals surface area (Å²) >= 11 is 0. The lowest BCUT2D eigenvalue weighted by Gasteiger charge is -2.27. The summed E-state index contributed by atoms with van der Waals surface area (Å²) in [5.74, 6) is -0.939. The average Bonchev–Trinajstić information content (AvgIpc) is 2.02. The van der Waals surface area contributed by atoms with Crippen LogP contribution in [0.5, 0.6) is 0 Å². The molecule has 6 heteroatoms. The lowest BCUT2D eigenvalue weighted by Crippen LogP contribution is -2.37. The van der Waals surface area contributed by atoms with Crippen LogP contribution in [0.3, 0.4) is 0 Å². The summed E-state index contributed by atoms with van der Waals surface area (Å²) in [5.41, 5.74) is -1.99. The molecule has 2 N–H and O–H groups in total. The van der Waals surface area contributed by atoms with E-state index >= 15 is 0 Å². The minimum absolute atomic E-state index is 0.103. The molecule has 0 heterocycles. The van der Waals surface area contributed by atoms with Gasteiger partial charge in [-0.25, -0.2) is 4.39 Å². The van der Waals surface area contributed by atoms with Crippen molar-refractivity contribution in [3.8, 4) is 0 Å². The van der Waals surface area contributed by atoms with E-state index in [-0.39, 0.29) is 12.8 Å². The SMILES string of the molecule is O=C(CP(=O)(O)O)C1(F)CCCCC1. The topological polar surface area (TPSA) is 74.6 Å². The Kier molecular flexibility index (Phi) is 3.45. The smallest absolute Gasteiger partial charge is 0.324 e. The Labute approximate surface area is 81.7 Å². The minimum atomic E-state index is -4.42. The number of alkyl halides is 1. The van der Waals surface area contributed by atoms with Crippen molar-refractivity contribution >= 4 is 13.4 Å². The molecule has 1 rings (SSSR count). The van der Waals surface area contributed by atoms with Gasteiger partial charge in [0.05, 0.1) is 0 Å². The predicted octanol–water partition coefficient (Wildman–Crippen LogP) is 1.41. The Morgan fingerprint density at radius 2 is 1.79 bits per heavy atom. The van der Waals surface area contributed by atoms with E-state index < -0.39 is 25.2 Å². The van der Waals surface area contributed by atoms with Crippen molar-refractivity contribution in [1.82, 2.24) is 0 Å². The molecule has 0 amide bonds. The maximum Gasteiger partial charge on any atom is 0.333 e. The molecule has 0 unspecified atom stereocenters. The third-order valence-corrected chi connectivity index (χ3v) is 3.19. The van der Waals surface area contributed by atoms with Crippen LogP contribution >= 0.6 is 7.60 Å². The number of hydrogen-bond acceptors (Lipinski definition) is 2. The number of carbonyl (C=O) groups excluding carboxylic acids is 1. The number of rotatable bonds is 3. The molecule has 0 aliphatic heterocycles. The molecule has 0 radical (unpaired) electrons. The summed E-state index contributed by atoms with van der Waals surface area (Å²) in [6.45, 7) is 0. The van der Waals surface area contributed by atoms with Crippen LogP contribution in [0.25, 0.3) is 0 Å². The van der Waals surface area contributed by atoms with Crippen molar-refractivity contribution in [2.24, 2.45) is 0 Å². The number of halogens is 1. The molecular weight excluding hydrogens is 210 g/mol. The molecule has 82 valence electrons. The molecule has 1 aliphatic rings. The fourth-order valence-electron chi connectivity index (χ4n) is 1.72. The van der Waals surface area contributed by atoms with Crippen molar-refractivity contribution in [1.29, 1.82) is 0 Å². The second-order valence-corrected chi connectivity index (χ2v) is 5.42. The van der Waals surface area contributed by atoms with E-state index in [1.165, 1.54) is 0 Å². The average molecular weight is 224 g/mol. The summed E-state index contributed by atoms with van der Waals surface area (Å²) in [5, 5.41) is 0. The van der Waals surface area contributed by atoms with E-state index in [0.717, 1.165) is 6.42 Å². The van der Waals surface area contributed by atoms with Gasteiger partial charge in [-0.1, -0.05) is 6.42 Å². The Morgan fingerprint density at radius 3 is 2.21 bits per heavy atom. The highest BCUT2D eigenvalue weighted by Crippen LogP contribution is 2.40. The molecular formula is C8H14FO4P. The van der Waals surface area contributed by atoms with Crippen LogP contribution in [0.15, 0.2) is 0 Å². The highest BCUT2D eigenvalue weighted by molar-refractivity contribution is 7.52. The van der Waals surface area contributed by atoms with Gasteiger partial charge in [-0.15, -0.1) is 0 Å². The van der Waals surface area contributed by atoms with Crippen molar-refractivity contribution in [3.63, 3.8) is 0 Å². The van der Waals surface area contributed by atoms with Gasteiger partial charge in [-0.3, -0.25) is 9.36 Å². The molecule has 1 saturated carbocycles. The molecule has 0 aromatic rings. The number of ketones is 1. The number of hydrogen-bond donors (Lipinski definition) is 2. The Morgan fingerprint density at radius 1 is 1.29 bits per heavy atom. The summed E-state index contributed by atoms with van der Waals surface area (Å²) in [6.07, 6.45) is 1.35. The second-order valence-electron chi connectivity index (χ2n) is 3.77. The van der Waals surface area contributed by atoms with E-state index in [1.807, 2.05) is 0 Å². The highest BCUT2D eigenvalue weighted by atomic mass is 31.2. The fourth-order valence-corrected chi connectivity index (χ4v) is 2.38. The third-order valence-electron chi connectivity index (χ3n) is 2.50. The first kappa shape index (κ1) is 11.8. The number of carbonyl (C=O) groups is 1. The van der Waals surface area contributed by atoms with Crippen LogP contribution in [-0.4, -0.2) is 27.4 Å². The fraction of sp³-hybridized carbons (Fsp3) is 0.875. The highest BCUT2D eigenvalue weighted by Gasteiger charge is 2.41. The minimum Gasteiger partial charge on any atom is -0.324 e. The first-order valence-electron chi connectivity index (χ1n) is 4.60. The van der Waals surface area contributed by atoms with E-state index in [4.69, 9.17) is 9.79 Å². The Hall–Kier alpha value is -0.250. The van der Waals surface area contributed by atoms with E-state index in [0.29, 0.717) is 12.8 Å². The second kappa shape index (κ2) is 4.09. The number of Topliss-reactive ketones (excluding diaryl/α,β-unsaturated/α-hetero) is 1. The van der Waals surface area contributed by atoms with Gasteiger partial charge < -0.3 is 9.79 Å². The summed E-state index contributed by atoms with van der Waals surface area (Å²) < 4.78 is 24.3. The Bertz CT molecular complexity index is 267. The zero-order chi connectivity index (χ0) is 10.8. The summed E-state index contributed by atoms with van der Waals surface area (Å²) in [6, 6.07) is 0. The van der Waals surface area contributed by atoms with Gasteiger partial charge >= 0.3 is 7.60 Å². The van der Waals surface area contributed by atoms with Gasteiger partial charge in [0.1, 0.15) is 6.16 Å². The molecule has 0 saturated heterocycles. The van der Waals surface area contributed by atoms with Gasteiger partial charge in [0, 0.05) is 0 Å². The molecule has 0 spiro atoms. The molecule has 1 aliphatic carbocycles. The van der Waals surface area contributed by atoms with Crippen LogP contribution in [0.2, 0.25) is 0 Å². The zero-order valence-corrected chi connectivity index (χ0v) is 8.67.